The van der Waals surface area contributed by atoms with Crippen LogP contribution in [0.2, 0.25) is 0 Å². The van der Waals surface area contributed by atoms with Crippen LogP contribution in [-0.4, -0.2) is 55.0 Å². The maximum absolute atomic E-state index is 12.6. The average Bonchev–Trinajstić information content (AvgIpc) is 2.96. The van der Waals surface area contributed by atoms with Crippen molar-refractivity contribution in [1.82, 2.24) is 9.80 Å². The minimum Gasteiger partial charge on any atom is -0.497 e. The lowest BCUT2D eigenvalue weighted by molar-refractivity contribution is -0.130. The molecule has 0 radical (unpaired) electrons. The molecule has 0 bridgehead atoms. The van der Waals surface area contributed by atoms with Crippen molar-refractivity contribution in [2.24, 2.45) is 0 Å². The first-order valence-electron chi connectivity index (χ1n) is 9.17. The Balaban J connectivity index is 1.52. The van der Waals surface area contributed by atoms with Gasteiger partial charge in [-0.2, -0.15) is 0 Å². The number of amides is 3. The molecule has 1 aliphatic heterocycles. The molecule has 1 saturated heterocycles. The number of ether oxygens (including phenoxy) is 1. The molecular formula is C21H25N3O3. The van der Waals surface area contributed by atoms with Crippen LogP contribution in [0.1, 0.15) is 12.0 Å². The molecule has 0 saturated carbocycles. The van der Waals surface area contributed by atoms with Gasteiger partial charge in [0.1, 0.15) is 5.75 Å². The summed E-state index contributed by atoms with van der Waals surface area (Å²) in [5.74, 6) is 0.867. The van der Waals surface area contributed by atoms with Crippen molar-refractivity contribution < 1.29 is 14.3 Å². The molecule has 1 fully saturated rings. The van der Waals surface area contributed by atoms with Gasteiger partial charge in [-0.25, -0.2) is 4.79 Å². The maximum atomic E-state index is 12.6. The number of carbonyl (C=O) groups is 2. The highest BCUT2D eigenvalue weighted by Crippen LogP contribution is 2.14. The van der Waals surface area contributed by atoms with Crippen molar-refractivity contribution in [3.63, 3.8) is 0 Å². The van der Waals surface area contributed by atoms with Crippen LogP contribution in [0, 0.1) is 0 Å². The summed E-state index contributed by atoms with van der Waals surface area (Å²) in [7, 11) is 1.62. The SMILES string of the molecule is COc1ccc(CC(=O)N2CCCN(C(=O)Nc3ccccc3)CC2)cc1. The second kappa shape index (κ2) is 9.07. The van der Waals surface area contributed by atoms with Gasteiger partial charge in [0, 0.05) is 31.9 Å². The van der Waals surface area contributed by atoms with E-state index < -0.39 is 0 Å². The lowest BCUT2D eigenvalue weighted by Crippen LogP contribution is -2.39. The number of urea groups is 1. The first kappa shape index (κ1) is 18.8. The summed E-state index contributed by atoms with van der Waals surface area (Å²) in [4.78, 5) is 28.7. The van der Waals surface area contributed by atoms with Crippen LogP contribution >= 0.6 is 0 Å². The molecule has 0 spiro atoms. The molecule has 2 aromatic carbocycles. The third-order valence-electron chi connectivity index (χ3n) is 4.68. The van der Waals surface area contributed by atoms with Gasteiger partial charge < -0.3 is 19.9 Å². The van der Waals surface area contributed by atoms with Gasteiger partial charge in [-0.3, -0.25) is 4.79 Å². The van der Waals surface area contributed by atoms with Crippen molar-refractivity contribution >= 4 is 17.6 Å². The fraction of sp³-hybridized carbons (Fsp3) is 0.333. The normalized spacial score (nSPS) is 14.4. The predicted octanol–water partition coefficient (Wildman–Crippen LogP) is 3.00. The highest BCUT2D eigenvalue weighted by molar-refractivity contribution is 5.89. The Labute approximate surface area is 159 Å². The molecule has 0 atom stereocenters. The Hall–Kier alpha value is -3.02. The van der Waals surface area contributed by atoms with Gasteiger partial charge in [0.25, 0.3) is 0 Å². The molecule has 27 heavy (non-hydrogen) atoms. The van der Waals surface area contributed by atoms with Crippen LogP contribution in [0.25, 0.3) is 0 Å². The lowest BCUT2D eigenvalue weighted by atomic mass is 10.1. The van der Waals surface area contributed by atoms with E-state index in [1.54, 1.807) is 12.0 Å². The van der Waals surface area contributed by atoms with Gasteiger partial charge >= 0.3 is 6.03 Å². The summed E-state index contributed by atoms with van der Waals surface area (Å²) in [5, 5.41) is 2.91. The van der Waals surface area contributed by atoms with Gasteiger partial charge in [0.05, 0.1) is 13.5 Å². The Morgan fingerprint density at radius 3 is 2.30 bits per heavy atom. The first-order valence-corrected chi connectivity index (χ1v) is 9.17. The van der Waals surface area contributed by atoms with Crippen molar-refractivity contribution in [2.75, 3.05) is 38.6 Å². The van der Waals surface area contributed by atoms with Crippen LogP contribution in [0.3, 0.4) is 0 Å². The van der Waals surface area contributed by atoms with Crippen molar-refractivity contribution in [3.05, 3.63) is 60.2 Å². The van der Waals surface area contributed by atoms with E-state index in [0.717, 1.165) is 23.4 Å². The molecule has 3 amide bonds. The highest BCUT2D eigenvalue weighted by atomic mass is 16.5. The maximum Gasteiger partial charge on any atom is 0.321 e. The zero-order valence-electron chi connectivity index (χ0n) is 15.6. The third-order valence-corrected chi connectivity index (χ3v) is 4.68. The summed E-state index contributed by atoms with van der Waals surface area (Å²) in [6, 6.07) is 16.8. The number of anilines is 1. The van der Waals surface area contributed by atoms with Crippen LogP contribution in [0.15, 0.2) is 54.6 Å². The number of hydrogen-bond donors (Lipinski definition) is 1. The topological polar surface area (TPSA) is 61.9 Å². The molecule has 0 unspecified atom stereocenters. The molecule has 0 aromatic heterocycles. The molecule has 2 aromatic rings. The number of methoxy groups -OCH3 is 1. The molecule has 0 aliphatic carbocycles. The number of nitrogens with zero attached hydrogens (tertiary/aromatic N) is 2. The number of hydrogen-bond acceptors (Lipinski definition) is 3. The van der Waals surface area contributed by atoms with Crippen LogP contribution in [0.4, 0.5) is 10.5 Å². The molecule has 1 heterocycles. The van der Waals surface area contributed by atoms with E-state index in [2.05, 4.69) is 5.32 Å². The minimum absolute atomic E-state index is 0.0884. The van der Waals surface area contributed by atoms with Crippen molar-refractivity contribution in [1.29, 1.82) is 0 Å². The largest absolute Gasteiger partial charge is 0.497 e. The number of carbonyl (C=O) groups excluding carboxylic acids is 2. The van der Waals surface area contributed by atoms with E-state index in [-0.39, 0.29) is 11.9 Å². The second-order valence-electron chi connectivity index (χ2n) is 6.54. The second-order valence-corrected chi connectivity index (χ2v) is 6.54. The monoisotopic (exact) mass is 367 g/mol. The first-order chi connectivity index (χ1) is 13.2. The minimum atomic E-state index is -0.120. The smallest absolute Gasteiger partial charge is 0.321 e. The van der Waals surface area contributed by atoms with Crippen LogP contribution in [-0.2, 0) is 11.2 Å². The standard InChI is InChI=1S/C21H25N3O3/c1-27-19-10-8-17(9-11-19)16-20(25)23-12-5-13-24(15-14-23)21(26)22-18-6-3-2-4-7-18/h2-4,6-11H,5,12-16H2,1H3,(H,22,26). The van der Waals surface area contributed by atoms with Gasteiger partial charge in [-0.1, -0.05) is 30.3 Å². The summed E-state index contributed by atoms with van der Waals surface area (Å²) >= 11 is 0. The predicted molar refractivity (Wildman–Crippen MR) is 105 cm³/mol. The lowest BCUT2D eigenvalue weighted by Gasteiger charge is -2.22. The van der Waals surface area contributed by atoms with Gasteiger partial charge in [-0.05, 0) is 36.2 Å². The molecule has 142 valence electrons. The van der Waals surface area contributed by atoms with Crippen molar-refractivity contribution in [2.45, 2.75) is 12.8 Å². The Kier molecular flexibility index (Phi) is 6.30. The number of nitrogens with one attached hydrogen (secondary N) is 1. The average molecular weight is 367 g/mol. The van der Waals surface area contributed by atoms with E-state index in [0.29, 0.717) is 32.6 Å². The Morgan fingerprint density at radius 2 is 1.59 bits per heavy atom. The quantitative estimate of drug-likeness (QED) is 0.904. The van der Waals surface area contributed by atoms with Gasteiger partial charge in [0.15, 0.2) is 0 Å². The number of rotatable bonds is 4. The molecule has 1 N–H and O–H groups in total. The van der Waals surface area contributed by atoms with E-state index in [1.807, 2.05) is 59.5 Å². The zero-order chi connectivity index (χ0) is 19.1. The zero-order valence-corrected chi connectivity index (χ0v) is 15.6. The summed E-state index contributed by atoms with van der Waals surface area (Å²) in [6.45, 7) is 2.40. The molecule has 1 aliphatic rings. The fourth-order valence-electron chi connectivity index (χ4n) is 3.12. The highest BCUT2D eigenvalue weighted by Gasteiger charge is 2.22. The number of para-hydroxylation sites is 1. The molecular weight excluding hydrogens is 342 g/mol. The van der Waals surface area contributed by atoms with Crippen molar-refractivity contribution in [3.8, 4) is 5.75 Å². The summed E-state index contributed by atoms with van der Waals surface area (Å²) in [5.41, 5.74) is 1.74. The molecule has 6 nitrogen and oxygen atoms in total. The van der Waals surface area contributed by atoms with E-state index in [4.69, 9.17) is 4.74 Å². The van der Waals surface area contributed by atoms with Crippen LogP contribution < -0.4 is 10.1 Å². The van der Waals surface area contributed by atoms with Gasteiger partial charge in [-0.15, -0.1) is 0 Å². The Morgan fingerprint density at radius 1 is 0.926 bits per heavy atom. The number of benzene rings is 2. The van der Waals surface area contributed by atoms with E-state index >= 15 is 0 Å². The Bertz CT molecular complexity index is 762. The van der Waals surface area contributed by atoms with E-state index in [1.165, 1.54) is 0 Å². The fourth-order valence-corrected chi connectivity index (χ4v) is 3.12. The molecule has 3 rings (SSSR count). The van der Waals surface area contributed by atoms with Gasteiger partial charge in [0.2, 0.25) is 5.91 Å². The summed E-state index contributed by atoms with van der Waals surface area (Å²) in [6.07, 6.45) is 1.14. The third kappa shape index (κ3) is 5.23. The molecule has 6 heteroatoms. The van der Waals surface area contributed by atoms with E-state index in [9.17, 15) is 9.59 Å². The summed E-state index contributed by atoms with van der Waals surface area (Å²) < 4.78 is 5.15. The van der Waals surface area contributed by atoms with Crippen LogP contribution in [0.5, 0.6) is 5.75 Å².